The number of carbonyl (C=O) groups is 2. The quantitative estimate of drug-likeness (QED) is 0.770. The first-order chi connectivity index (χ1) is 10.0. The van der Waals surface area contributed by atoms with Gasteiger partial charge >= 0.3 is 5.97 Å². The number of carbonyl (C=O) groups excluding carboxylic acids is 2. The summed E-state index contributed by atoms with van der Waals surface area (Å²) >= 11 is 0. The lowest BCUT2D eigenvalue weighted by atomic mass is 9.89. The number of esters is 1. The smallest absolute Gasteiger partial charge is 0.307 e. The van der Waals surface area contributed by atoms with E-state index in [0.29, 0.717) is 22.8 Å². The Balaban J connectivity index is 2.55. The molecular weight excluding hydrogens is 276 g/mol. The van der Waals surface area contributed by atoms with Crippen molar-refractivity contribution in [1.29, 1.82) is 0 Å². The summed E-state index contributed by atoms with van der Waals surface area (Å²) in [5.41, 5.74) is 0.645. The highest BCUT2D eigenvalue weighted by atomic mass is 16.6. The summed E-state index contributed by atoms with van der Waals surface area (Å²) in [5.74, 6) is 0.537. The number of ether oxygens (including phenoxy) is 4. The van der Waals surface area contributed by atoms with Gasteiger partial charge in [-0.3, -0.25) is 9.59 Å². The van der Waals surface area contributed by atoms with Crippen molar-refractivity contribution >= 4 is 11.8 Å². The van der Waals surface area contributed by atoms with Gasteiger partial charge in [-0.2, -0.15) is 0 Å². The number of Topliss-reactive ketones (excluding diaryl/α,β-unsaturated/α-hetero) is 1. The van der Waals surface area contributed by atoms with Crippen LogP contribution >= 0.6 is 0 Å². The molecule has 0 radical (unpaired) electrons. The Morgan fingerprint density at radius 3 is 2.14 bits per heavy atom. The molecule has 0 aromatic heterocycles. The Kier molecular flexibility index (Phi) is 4.35. The summed E-state index contributed by atoms with van der Waals surface area (Å²) < 4.78 is 21.0. The molecule has 2 atom stereocenters. The van der Waals surface area contributed by atoms with Gasteiger partial charge in [0.1, 0.15) is 17.2 Å². The molecular formula is C15H18O6. The minimum Gasteiger partial charge on any atom is -0.496 e. The normalized spacial score (nSPS) is 20.9. The Morgan fingerprint density at radius 2 is 1.71 bits per heavy atom. The number of hydrogen-bond donors (Lipinski definition) is 0. The monoisotopic (exact) mass is 294 g/mol. The SMILES string of the molecule is COc1cc(OC)c([C@H]2CC(=O)O[C@@H]2C(C)=O)c(OC)c1. The molecule has 1 heterocycles. The average Bonchev–Trinajstić information content (AvgIpc) is 2.87. The summed E-state index contributed by atoms with van der Waals surface area (Å²) in [4.78, 5) is 23.3. The second-order valence-electron chi connectivity index (χ2n) is 4.78. The number of cyclic esters (lactones) is 1. The van der Waals surface area contributed by atoms with Crippen molar-refractivity contribution in [2.24, 2.45) is 0 Å². The maximum atomic E-state index is 11.7. The minimum atomic E-state index is -0.811. The fourth-order valence-corrected chi connectivity index (χ4v) is 2.58. The molecule has 0 bridgehead atoms. The van der Waals surface area contributed by atoms with E-state index >= 15 is 0 Å². The van der Waals surface area contributed by atoms with E-state index < -0.39 is 18.0 Å². The minimum absolute atomic E-state index is 0.114. The van der Waals surface area contributed by atoms with E-state index in [1.165, 1.54) is 28.3 Å². The standard InChI is InChI=1S/C15H18O6/c1-8(16)15-10(7-13(17)21-15)14-11(19-3)5-9(18-2)6-12(14)20-4/h5-6,10,15H,7H2,1-4H3/t10-,15-/m1/s1. The molecule has 6 heteroatoms. The Labute approximate surface area is 122 Å². The fraction of sp³-hybridized carbons (Fsp3) is 0.467. The van der Waals surface area contributed by atoms with E-state index in [-0.39, 0.29) is 12.2 Å². The molecule has 6 nitrogen and oxygen atoms in total. The van der Waals surface area contributed by atoms with E-state index in [2.05, 4.69) is 0 Å². The molecule has 0 spiro atoms. The lowest BCUT2D eigenvalue weighted by Crippen LogP contribution is -2.23. The molecule has 1 fully saturated rings. The molecule has 1 aliphatic heterocycles. The van der Waals surface area contributed by atoms with Crippen molar-refractivity contribution in [3.8, 4) is 17.2 Å². The van der Waals surface area contributed by atoms with Crippen molar-refractivity contribution in [2.75, 3.05) is 21.3 Å². The Morgan fingerprint density at radius 1 is 1.14 bits per heavy atom. The van der Waals surface area contributed by atoms with E-state index in [1.807, 2.05) is 0 Å². The molecule has 0 amide bonds. The summed E-state index contributed by atoms with van der Waals surface area (Å²) in [6.07, 6.45) is -0.697. The second kappa shape index (κ2) is 6.03. The lowest BCUT2D eigenvalue weighted by Gasteiger charge is -2.21. The summed E-state index contributed by atoms with van der Waals surface area (Å²) in [6, 6.07) is 3.38. The van der Waals surface area contributed by atoms with Gasteiger partial charge in [0, 0.05) is 23.6 Å². The predicted molar refractivity (Wildman–Crippen MR) is 74.0 cm³/mol. The number of benzene rings is 1. The van der Waals surface area contributed by atoms with Crippen LogP contribution in [0.5, 0.6) is 17.2 Å². The number of rotatable bonds is 5. The third kappa shape index (κ3) is 2.79. The van der Waals surface area contributed by atoms with E-state index in [9.17, 15) is 9.59 Å². The van der Waals surface area contributed by atoms with Gasteiger partial charge in [-0.25, -0.2) is 0 Å². The molecule has 1 aromatic rings. The van der Waals surface area contributed by atoms with Gasteiger partial charge < -0.3 is 18.9 Å². The van der Waals surface area contributed by atoms with Gasteiger partial charge in [0.2, 0.25) is 0 Å². The van der Waals surface area contributed by atoms with Crippen LogP contribution < -0.4 is 14.2 Å². The molecule has 2 rings (SSSR count). The zero-order chi connectivity index (χ0) is 15.6. The zero-order valence-electron chi connectivity index (χ0n) is 12.5. The van der Waals surface area contributed by atoms with Crippen LogP contribution in [-0.4, -0.2) is 39.2 Å². The molecule has 0 N–H and O–H groups in total. The van der Waals surface area contributed by atoms with E-state index in [1.54, 1.807) is 12.1 Å². The van der Waals surface area contributed by atoms with Crippen molar-refractivity contribution in [2.45, 2.75) is 25.4 Å². The van der Waals surface area contributed by atoms with Crippen molar-refractivity contribution < 1.29 is 28.5 Å². The highest BCUT2D eigenvalue weighted by Crippen LogP contribution is 2.45. The van der Waals surface area contributed by atoms with Crippen LogP contribution in [0.15, 0.2) is 12.1 Å². The molecule has 21 heavy (non-hydrogen) atoms. The summed E-state index contributed by atoms with van der Waals surface area (Å²) in [5, 5.41) is 0. The van der Waals surface area contributed by atoms with Gasteiger partial charge in [0.25, 0.3) is 0 Å². The molecule has 1 aromatic carbocycles. The Hall–Kier alpha value is -2.24. The van der Waals surface area contributed by atoms with Crippen LogP contribution in [0.4, 0.5) is 0 Å². The van der Waals surface area contributed by atoms with Crippen molar-refractivity contribution in [3.63, 3.8) is 0 Å². The van der Waals surface area contributed by atoms with Gasteiger partial charge in [-0.1, -0.05) is 0 Å². The first-order valence-corrected chi connectivity index (χ1v) is 6.51. The van der Waals surface area contributed by atoms with Gasteiger partial charge in [0.15, 0.2) is 11.9 Å². The van der Waals surface area contributed by atoms with Gasteiger partial charge in [0.05, 0.1) is 27.8 Å². The Bertz CT molecular complexity index is 540. The maximum Gasteiger partial charge on any atom is 0.307 e. The van der Waals surface area contributed by atoms with E-state index in [0.717, 1.165) is 0 Å². The number of hydrogen-bond acceptors (Lipinski definition) is 6. The third-order valence-corrected chi connectivity index (χ3v) is 3.54. The topological polar surface area (TPSA) is 71.1 Å². The summed E-state index contributed by atoms with van der Waals surface area (Å²) in [6.45, 7) is 1.40. The number of ketones is 1. The number of methoxy groups -OCH3 is 3. The highest BCUT2D eigenvalue weighted by molar-refractivity contribution is 5.88. The molecule has 0 saturated carbocycles. The first-order valence-electron chi connectivity index (χ1n) is 6.51. The fourth-order valence-electron chi connectivity index (χ4n) is 2.58. The van der Waals surface area contributed by atoms with Crippen LogP contribution in [-0.2, 0) is 14.3 Å². The van der Waals surface area contributed by atoms with Gasteiger partial charge in [-0.05, 0) is 6.92 Å². The zero-order valence-corrected chi connectivity index (χ0v) is 12.5. The average molecular weight is 294 g/mol. The van der Waals surface area contributed by atoms with Crippen LogP contribution in [0.3, 0.4) is 0 Å². The molecule has 1 saturated heterocycles. The van der Waals surface area contributed by atoms with Crippen LogP contribution in [0.2, 0.25) is 0 Å². The van der Waals surface area contributed by atoms with Crippen molar-refractivity contribution in [1.82, 2.24) is 0 Å². The van der Waals surface area contributed by atoms with Crippen LogP contribution in [0.25, 0.3) is 0 Å². The van der Waals surface area contributed by atoms with E-state index in [4.69, 9.17) is 18.9 Å². The molecule has 114 valence electrons. The highest BCUT2D eigenvalue weighted by Gasteiger charge is 2.42. The first kappa shape index (κ1) is 15.2. The molecule has 1 aliphatic rings. The molecule has 0 unspecified atom stereocenters. The maximum absolute atomic E-state index is 11.7. The van der Waals surface area contributed by atoms with Crippen molar-refractivity contribution in [3.05, 3.63) is 17.7 Å². The second-order valence-corrected chi connectivity index (χ2v) is 4.78. The molecule has 0 aliphatic carbocycles. The lowest BCUT2D eigenvalue weighted by molar-refractivity contribution is -0.146. The summed E-state index contributed by atoms with van der Waals surface area (Å²) in [7, 11) is 4.56. The van der Waals surface area contributed by atoms with Crippen LogP contribution in [0.1, 0.15) is 24.8 Å². The van der Waals surface area contributed by atoms with Gasteiger partial charge in [-0.15, -0.1) is 0 Å². The third-order valence-electron chi connectivity index (χ3n) is 3.54. The predicted octanol–water partition coefficient (Wildman–Crippen LogP) is 1.70. The largest absolute Gasteiger partial charge is 0.496 e. The van der Waals surface area contributed by atoms with Crippen LogP contribution in [0, 0.1) is 0 Å².